The van der Waals surface area contributed by atoms with E-state index < -0.39 is 0 Å². The summed E-state index contributed by atoms with van der Waals surface area (Å²) in [6, 6.07) is 8.56. The van der Waals surface area contributed by atoms with Crippen molar-refractivity contribution in [3.63, 3.8) is 0 Å². The van der Waals surface area contributed by atoms with Crippen molar-refractivity contribution in [2.24, 2.45) is 0 Å². The third-order valence-electron chi connectivity index (χ3n) is 5.13. The van der Waals surface area contributed by atoms with Crippen LogP contribution in [0.5, 0.6) is 0 Å². The number of piperazine rings is 1. The van der Waals surface area contributed by atoms with Crippen LogP contribution in [-0.4, -0.2) is 64.8 Å². The topological polar surface area (TPSA) is 90.5 Å². The summed E-state index contributed by atoms with van der Waals surface area (Å²) in [6.45, 7) is 6.46. The fourth-order valence-electron chi connectivity index (χ4n) is 3.43. The number of hydrogen-bond acceptors (Lipinski definition) is 6. The highest BCUT2D eigenvalue weighted by molar-refractivity contribution is 7.99. The van der Waals surface area contributed by atoms with Gasteiger partial charge >= 0.3 is 6.03 Å². The van der Waals surface area contributed by atoms with E-state index in [0.717, 1.165) is 12.8 Å². The Bertz CT molecular complexity index is 980. The Morgan fingerprint density at radius 2 is 2.03 bits per heavy atom. The molecule has 1 saturated heterocycles. The molecule has 2 heterocycles. The first kappa shape index (κ1) is 25.4. The van der Waals surface area contributed by atoms with Gasteiger partial charge < -0.3 is 20.4 Å². The molecule has 178 valence electrons. The lowest BCUT2D eigenvalue weighted by molar-refractivity contribution is -0.118. The standard InChI is InChI=1S/C22H28Cl2N6O2S/c1-3-4-8-25-20(31)14-33-21-27-18(24)12-19(28-21)29-9-10-30(15(2)13-29)22(32)26-17-7-5-6-16(23)11-17/h5-7,11-12,15H,3-4,8-10,13-14H2,1-2H3,(H,25,31)(H,26,32)/t15-/m0/s1. The Labute approximate surface area is 208 Å². The van der Waals surface area contributed by atoms with E-state index in [1.165, 1.54) is 11.8 Å². The number of hydrogen-bond donors (Lipinski definition) is 2. The van der Waals surface area contributed by atoms with Gasteiger partial charge in [-0.3, -0.25) is 4.79 Å². The number of urea groups is 1. The molecule has 1 aromatic heterocycles. The van der Waals surface area contributed by atoms with Crippen molar-refractivity contribution in [1.29, 1.82) is 0 Å². The van der Waals surface area contributed by atoms with Crippen molar-refractivity contribution in [3.05, 3.63) is 40.5 Å². The Morgan fingerprint density at radius 1 is 1.21 bits per heavy atom. The van der Waals surface area contributed by atoms with Gasteiger partial charge in [-0.25, -0.2) is 14.8 Å². The van der Waals surface area contributed by atoms with Crippen molar-refractivity contribution in [1.82, 2.24) is 20.2 Å². The summed E-state index contributed by atoms with van der Waals surface area (Å²) in [5.41, 5.74) is 0.658. The van der Waals surface area contributed by atoms with Crippen molar-refractivity contribution in [2.45, 2.75) is 37.9 Å². The minimum atomic E-state index is -0.171. The van der Waals surface area contributed by atoms with Crippen molar-refractivity contribution in [2.75, 3.05) is 42.1 Å². The number of halogens is 2. The predicted octanol–water partition coefficient (Wildman–Crippen LogP) is 4.53. The number of anilines is 2. The summed E-state index contributed by atoms with van der Waals surface area (Å²) in [6.07, 6.45) is 1.98. The summed E-state index contributed by atoms with van der Waals surface area (Å²) in [4.78, 5) is 37.4. The molecule has 3 amide bonds. The molecule has 33 heavy (non-hydrogen) atoms. The normalized spacial score (nSPS) is 15.9. The SMILES string of the molecule is CCCCNC(=O)CSc1nc(Cl)cc(N2CCN(C(=O)Nc3cccc(Cl)c3)[C@@H](C)C2)n1. The first-order valence-corrected chi connectivity index (χ1v) is 12.6. The average Bonchev–Trinajstić information content (AvgIpc) is 2.77. The minimum Gasteiger partial charge on any atom is -0.355 e. The van der Waals surface area contributed by atoms with E-state index in [-0.39, 0.29) is 23.7 Å². The molecule has 1 fully saturated rings. The number of nitrogens with zero attached hydrogens (tertiary/aromatic N) is 4. The molecule has 8 nitrogen and oxygen atoms in total. The van der Waals surface area contributed by atoms with Crippen LogP contribution in [0.2, 0.25) is 10.2 Å². The quantitative estimate of drug-likeness (QED) is 0.234. The Kier molecular flexibility index (Phi) is 9.46. The van der Waals surface area contributed by atoms with Crippen LogP contribution in [0.25, 0.3) is 0 Å². The highest BCUT2D eigenvalue weighted by atomic mass is 35.5. The van der Waals surface area contributed by atoms with Gasteiger partial charge in [0.05, 0.1) is 5.75 Å². The number of benzene rings is 1. The van der Waals surface area contributed by atoms with Crippen LogP contribution in [0.4, 0.5) is 16.3 Å². The molecule has 0 saturated carbocycles. The van der Waals surface area contributed by atoms with Gasteiger partial charge in [0, 0.05) is 49.0 Å². The average molecular weight is 511 g/mol. The molecular weight excluding hydrogens is 483 g/mol. The van der Waals surface area contributed by atoms with Gasteiger partial charge in [-0.05, 0) is 31.5 Å². The highest BCUT2D eigenvalue weighted by Crippen LogP contribution is 2.24. The van der Waals surface area contributed by atoms with E-state index in [1.807, 2.05) is 6.92 Å². The maximum Gasteiger partial charge on any atom is 0.322 e. The fraction of sp³-hybridized carbons (Fsp3) is 0.455. The number of carbonyl (C=O) groups excluding carboxylic acids is 2. The zero-order valence-corrected chi connectivity index (χ0v) is 21.0. The largest absolute Gasteiger partial charge is 0.355 e. The summed E-state index contributed by atoms with van der Waals surface area (Å²) in [5, 5.41) is 7.12. The smallest absolute Gasteiger partial charge is 0.322 e. The van der Waals surface area contributed by atoms with Crippen molar-refractivity contribution >= 4 is 58.4 Å². The van der Waals surface area contributed by atoms with Crippen LogP contribution in [0.15, 0.2) is 35.5 Å². The lowest BCUT2D eigenvalue weighted by atomic mass is 10.2. The second-order valence-corrected chi connectivity index (χ2v) is 9.52. The Morgan fingerprint density at radius 3 is 2.76 bits per heavy atom. The number of unbranched alkanes of at least 4 members (excludes halogenated alkanes) is 1. The first-order chi connectivity index (χ1) is 15.9. The molecule has 1 aliphatic rings. The zero-order valence-electron chi connectivity index (χ0n) is 18.7. The monoisotopic (exact) mass is 510 g/mol. The van der Waals surface area contributed by atoms with E-state index >= 15 is 0 Å². The van der Waals surface area contributed by atoms with Crippen LogP contribution < -0.4 is 15.5 Å². The van der Waals surface area contributed by atoms with Gasteiger partial charge in [0.25, 0.3) is 0 Å². The van der Waals surface area contributed by atoms with Crippen LogP contribution >= 0.6 is 35.0 Å². The minimum absolute atomic E-state index is 0.0490. The maximum atomic E-state index is 12.7. The molecule has 0 spiro atoms. The van der Waals surface area contributed by atoms with E-state index in [1.54, 1.807) is 35.2 Å². The molecule has 0 unspecified atom stereocenters. The maximum absolute atomic E-state index is 12.7. The summed E-state index contributed by atoms with van der Waals surface area (Å²) in [7, 11) is 0. The molecule has 1 atom stereocenters. The third-order valence-corrected chi connectivity index (χ3v) is 6.41. The molecule has 2 aromatic rings. The zero-order chi connectivity index (χ0) is 23.8. The van der Waals surface area contributed by atoms with Crippen LogP contribution in [0.1, 0.15) is 26.7 Å². The summed E-state index contributed by atoms with van der Waals surface area (Å²) >= 11 is 13.5. The van der Waals surface area contributed by atoms with Gasteiger partial charge in [0.2, 0.25) is 5.91 Å². The number of aromatic nitrogens is 2. The highest BCUT2D eigenvalue weighted by Gasteiger charge is 2.28. The van der Waals surface area contributed by atoms with Gasteiger partial charge in [0.15, 0.2) is 5.16 Å². The predicted molar refractivity (Wildman–Crippen MR) is 135 cm³/mol. The van der Waals surface area contributed by atoms with Gasteiger partial charge in [-0.15, -0.1) is 0 Å². The third kappa shape index (κ3) is 7.65. The molecule has 0 bridgehead atoms. The molecule has 0 radical (unpaired) electrons. The lowest BCUT2D eigenvalue weighted by Gasteiger charge is -2.40. The van der Waals surface area contributed by atoms with Crippen molar-refractivity contribution in [3.8, 4) is 0 Å². The molecular formula is C22H28Cl2N6O2S. The Balaban J connectivity index is 1.57. The number of rotatable bonds is 8. The first-order valence-electron chi connectivity index (χ1n) is 10.9. The van der Waals surface area contributed by atoms with E-state index in [4.69, 9.17) is 23.2 Å². The van der Waals surface area contributed by atoms with Gasteiger partial charge in [-0.2, -0.15) is 0 Å². The number of amides is 3. The van der Waals surface area contributed by atoms with Gasteiger partial charge in [0.1, 0.15) is 11.0 Å². The fourth-order valence-corrected chi connectivity index (χ4v) is 4.53. The van der Waals surface area contributed by atoms with Crippen molar-refractivity contribution < 1.29 is 9.59 Å². The van der Waals surface area contributed by atoms with Crippen LogP contribution in [0, 0.1) is 0 Å². The molecule has 11 heteroatoms. The summed E-state index contributed by atoms with van der Waals surface area (Å²) < 4.78 is 0. The Hall–Kier alpha value is -2.23. The van der Waals surface area contributed by atoms with Crippen LogP contribution in [-0.2, 0) is 4.79 Å². The van der Waals surface area contributed by atoms with E-state index in [0.29, 0.717) is 53.0 Å². The second-order valence-electron chi connectivity index (χ2n) is 7.75. The van der Waals surface area contributed by atoms with E-state index in [2.05, 4.69) is 32.4 Å². The molecule has 1 aliphatic heterocycles. The van der Waals surface area contributed by atoms with E-state index in [9.17, 15) is 9.59 Å². The lowest BCUT2D eigenvalue weighted by Crippen LogP contribution is -2.55. The number of nitrogens with one attached hydrogen (secondary N) is 2. The molecule has 1 aromatic carbocycles. The molecule has 0 aliphatic carbocycles. The number of carbonyl (C=O) groups is 2. The summed E-state index contributed by atoms with van der Waals surface area (Å²) in [5.74, 6) is 0.870. The second kappa shape index (κ2) is 12.3. The number of thioether (sulfide) groups is 1. The molecule has 2 N–H and O–H groups in total. The van der Waals surface area contributed by atoms with Gasteiger partial charge in [-0.1, -0.05) is 54.4 Å². The molecule has 3 rings (SSSR count). The van der Waals surface area contributed by atoms with Crippen LogP contribution in [0.3, 0.4) is 0 Å².